The van der Waals surface area contributed by atoms with Crippen molar-refractivity contribution in [2.75, 3.05) is 6.61 Å². The Balaban J connectivity index is 1.35. The summed E-state index contributed by atoms with van der Waals surface area (Å²) in [6.45, 7) is 3.87. The molecule has 0 fully saturated rings. The number of fused-ring (bicyclic) bond motifs is 1. The highest BCUT2D eigenvalue weighted by molar-refractivity contribution is 7.98. The third-order valence-electron chi connectivity index (χ3n) is 5.22. The number of rotatable bonds is 10. The van der Waals surface area contributed by atoms with Crippen LogP contribution >= 0.6 is 11.8 Å². The van der Waals surface area contributed by atoms with Crippen molar-refractivity contribution in [3.05, 3.63) is 90.3 Å². The van der Waals surface area contributed by atoms with Crippen LogP contribution in [0.15, 0.2) is 83.8 Å². The Kier molecular flexibility index (Phi) is 7.09. The van der Waals surface area contributed by atoms with Gasteiger partial charge >= 0.3 is 0 Å². The van der Waals surface area contributed by atoms with E-state index in [0.717, 1.165) is 55.3 Å². The maximum Gasteiger partial charge on any atom is 0.120 e. The summed E-state index contributed by atoms with van der Waals surface area (Å²) < 4.78 is 8.30. The lowest BCUT2D eigenvalue weighted by Crippen LogP contribution is -2.05. The average Bonchev–Trinajstić information content (AvgIpc) is 3.16. The lowest BCUT2D eigenvalue weighted by Gasteiger charge is -2.10. The van der Waals surface area contributed by atoms with Gasteiger partial charge in [-0.15, -0.1) is 11.8 Å². The predicted molar refractivity (Wildman–Crippen MR) is 126 cm³/mol. The number of imidazole rings is 1. The van der Waals surface area contributed by atoms with Gasteiger partial charge in [0.25, 0.3) is 0 Å². The van der Waals surface area contributed by atoms with E-state index in [1.54, 1.807) is 0 Å². The van der Waals surface area contributed by atoms with Gasteiger partial charge in [-0.05, 0) is 61.2 Å². The van der Waals surface area contributed by atoms with Gasteiger partial charge in [0.2, 0.25) is 0 Å². The highest BCUT2D eigenvalue weighted by Gasteiger charge is 2.10. The van der Waals surface area contributed by atoms with Crippen LogP contribution in [0.5, 0.6) is 5.75 Å². The Labute approximate surface area is 183 Å². The third kappa shape index (κ3) is 5.25. The second kappa shape index (κ2) is 10.4. The lowest BCUT2D eigenvalue weighted by molar-refractivity contribution is 0.303. The molecule has 0 amide bonds. The minimum atomic E-state index is 0.742. The summed E-state index contributed by atoms with van der Waals surface area (Å²) in [6, 6.07) is 27.4. The Hall–Kier alpha value is -2.72. The lowest BCUT2D eigenvalue weighted by atomic mass is 10.2. The van der Waals surface area contributed by atoms with Gasteiger partial charge in [-0.2, -0.15) is 0 Å². The van der Waals surface area contributed by atoms with Crippen molar-refractivity contribution < 1.29 is 4.74 Å². The van der Waals surface area contributed by atoms with E-state index in [1.807, 2.05) is 11.8 Å². The van der Waals surface area contributed by atoms with Crippen molar-refractivity contribution in [3.63, 3.8) is 0 Å². The molecule has 0 saturated heterocycles. The molecule has 0 saturated carbocycles. The number of hydrogen-bond donors (Lipinski definition) is 0. The van der Waals surface area contributed by atoms with Crippen LogP contribution in [0.25, 0.3) is 11.0 Å². The summed E-state index contributed by atoms with van der Waals surface area (Å²) in [5.41, 5.74) is 3.64. The monoisotopic (exact) mass is 416 g/mol. The van der Waals surface area contributed by atoms with Gasteiger partial charge in [0, 0.05) is 11.4 Å². The number of hydrogen-bond acceptors (Lipinski definition) is 3. The predicted octanol–water partition coefficient (Wildman–Crippen LogP) is 6.75. The normalized spacial score (nSPS) is 11.1. The molecule has 4 heteroatoms. The first-order valence-corrected chi connectivity index (χ1v) is 11.7. The summed E-state index contributed by atoms with van der Waals surface area (Å²) in [7, 11) is 0. The molecular formula is C26H28N2OS. The molecule has 30 heavy (non-hydrogen) atoms. The number of aryl methyl sites for hydroxylation is 2. The first-order chi connectivity index (χ1) is 14.8. The van der Waals surface area contributed by atoms with Crippen molar-refractivity contribution in [2.45, 2.75) is 43.4 Å². The van der Waals surface area contributed by atoms with Crippen LogP contribution in [0.3, 0.4) is 0 Å². The second-order valence-corrected chi connectivity index (χ2v) is 8.37. The highest BCUT2D eigenvalue weighted by atomic mass is 32.2. The van der Waals surface area contributed by atoms with Crippen LogP contribution in [0, 0.1) is 0 Å². The third-order valence-corrected chi connectivity index (χ3v) is 6.23. The fourth-order valence-corrected chi connectivity index (χ4v) is 4.40. The second-order valence-electron chi connectivity index (χ2n) is 7.32. The van der Waals surface area contributed by atoms with Crippen molar-refractivity contribution in [2.24, 2.45) is 0 Å². The van der Waals surface area contributed by atoms with E-state index < -0.39 is 0 Å². The molecule has 1 heterocycles. The Morgan fingerprint density at radius 1 is 0.867 bits per heavy atom. The van der Waals surface area contributed by atoms with Crippen LogP contribution in [0.1, 0.15) is 31.2 Å². The molecule has 0 radical (unpaired) electrons. The Morgan fingerprint density at radius 3 is 2.43 bits per heavy atom. The van der Waals surface area contributed by atoms with Crippen LogP contribution in [0.2, 0.25) is 0 Å². The average molecular weight is 417 g/mol. The Bertz CT molecular complexity index is 1060. The maximum atomic E-state index is 5.92. The SMILES string of the molecule is CCc1ccc(OCCCCn2c(CSc3ccccc3)nc3ccccc32)cc1. The number of ether oxygens (including phenoxy) is 1. The first kappa shape index (κ1) is 20.5. The van der Waals surface area contributed by atoms with Crippen molar-refractivity contribution in [1.82, 2.24) is 9.55 Å². The molecule has 3 nitrogen and oxygen atoms in total. The molecule has 0 spiro atoms. The van der Waals surface area contributed by atoms with Crippen LogP contribution in [0.4, 0.5) is 0 Å². The molecule has 0 aliphatic rings. The summed E-state index contributed by atoms with van der Waals surface area (Å²) in [5, 5.41) is 0. The summed E-state index contributed by atoms with van der Waals surface area (Å²) >= 11 is 1.84. The zero-order valence-electron chi connectivity index (χ0n) is 17.5. The highest BCUT2D eigenvalue weighted by Crippen LogP contribution is 2.25. The number of unbranched alkanes of at least 4 members (excludes halogenated alkanes) is 1. The number of thioether (sulfide) groups is 1. The molecule has 0 aliphatic heterocycles. The van der Waals surface area contributed by atoms with Gasteiger partial charge in [0.05, 0.1) is 23.4 Å². The molecule has 0 atom stereocenters. The van der Waals surface area contributed by atoms with E-state index in [1.165, 1.54) is 16.0 Å². The van der Waals surface area contributed by atoms with Gasteiger partial charge in [-0.3, -0.25) is 0 Å². The van der Waals surface area contributed by atoms with Gasteiger partial charge in [-0.25, -0.2) is 4.98 Å². The topological polar surface area (TPSA) is 27.1 Å². The molecule has 4 aromatic rings. The van der Waals surface area contributed by atoms with Gasteiger partial charge in [0.15, 0.2) is 0 Å². The van der Waals surface area contributed by atoms with E-state index in [9.17, 15) is 0 Å². The minimum Gasteiger partial charge on any atom is -0.494 e. The van der Waals surface area contributed by atoms with Crippen LogP contribution in [-0.4, -0.2) is 16.2 Å². The molecule has 154 valence electrons. The molecule has 4 rings (SSSR count). The number of aromatic nitrogens is 2. The summed E-state index contributed by atoms with van der Waals surface area (Å²) in [6.07, 6.45) is 3.15. The first-order valence-electron chi connectivity index (χ1n) is 10.7. The zero-order chi connectivity index (χ0) is 20.6. The molecule has 0 unspecified atom stereocenters. The van der Waals surface area contributed by atoms with Gasteiger partial charge in [-0.1, -0.05) is 49.4 Å². The van der Waals surface area contributed by atoms with Crippen LogP contribution < -0.4 is 4.74 Å². The molecule has 3 aromatic carbocycles. The fraction of sp³-hybridized carbons (Fsp3) is 0.269. The molecular weight excluding hydrogens is 388 g/mol. The quantitative estimate of drug-likeness (QED) is 0.211. The smallest absolute Gasteiger partial charge is 0.120 e. The largest absolute Gasteiger partial charge is 0.494 e. The Morgan fingerprint density at radius 2 is 1.63 bits per heavy atom. The van der Waals surface area contributed by atoms with E-state index >= 15 is 0 Å². The van der Waals surface area contributed by atoms with Crippen LogP contribution in [-0.2, 0) is 18.7 Å². The van der Waals surface area contributed by atoms with E-state index in [2.05, 4.69) is 90.4 Å². The van der Waals surface area contributed by atoms with Crippen molar-refractivity contribution >= 4 is 22.8 Å². The maximum absolute atomic E-state index is 5.92. The molecule has 0 N–H and O–H groups in total. The number of benzene rings is 3. The van der Waals surface area contributed by atoms with E-state index in [4.69, 9.17) is 9.72 Å². The fourth-order valence-electron chi connectivity index (χ4n) is 3.53. The molecule has 1 aromatic heterocycles. The molecule has 0 bridgehead atoms. The summed E-state index contributed by atoms with van der Waals surface area (Å²) in [5.74, 6) is 2.97. The van der Waals surface area contributed by atoms with Gasteiger partial charge < -0.3 is 9.30 Å². The number of nitrogens with zero attached hydrogens (tertiary/aromatic N) is 2. The van der Waals surface area contributed by atoms with E-state index in [0.29, 0.717) is 0 Å². The standard InChI is InChI=1S/C26H28N2OS/c1-2-21-14-16-22(17-15-21)29-19-9-8-18-28-25-13-7-6-12-24(25)27-26(28)20-30-23-10-4-3-5-11-23/h3-7,10-17H,2,8-9,18-20H2,1H3. The molecule has 0 aliphatic carbocycles. The summed E-state index contributed by atoms with van der Waals surface area (Å²) in [4.78, 5) is 6.18. The van der Waals surface area contributed by atoms with Gasteiger partial charge in [0.1, 0.15) is 11.6 Å². The zero-order valence-corrected chi connectivity index (χ0v) is 18.3. The van der Waals surface area contributed by atoms with Crippen molar-refractivity contribution in [1.29, 1.82) is 0 Å². The van der Waals surface area contributed by atoms with Crippen molar-refractivity contribution in [3.8, 4) is 5.75 Å². The number of para-hydroxylation sites is 2. The minimum absolute atomic E-state index is 0.742. The van der Waals surface area contributed by atoms with E-state index in [-0.39, 0.29) is 0 Å².